The van der Waals surface area contributed by atoms with Crippen LogP contribution in [-0.4, -0.2) is 27.5 Å². The molecule has 1 aliphatic heterocycles. The lowest BCUT2D eigenvalue weighted by atomic mass is 10.0. The molecule has 3 rings (SSSR count). The highest BCUT2D eigenvalue weighted by Gasteiger charge is 2.28. The van der Waals surface area contributed by atoms with Crippen LogP contribution < -0.4 is 0 Å². The molecule has 0 saturated carbocycles. The van der Waals surface area contributed by atoms with E-state index in [1.165, 1.54) is 10.4 Å². The zero-order valence-electron chi connectivity index (χ0n) is 13.2. The first-order valence-electron chi connectivity index (χ1n) is 7.74. The van der Waals surface area contributed by atoms with Crippen LogP contribution in [0.4, 0.5) is 0 Å². The molecule has 1 atom stereocenters. The van der Waals surface area contributed by atoms with Crippen molar-refractivity contribution in [3.05, 3.63) is 33.6 Å². The highest BCUT2D eigenvalue weighted by molar-refractivity contribution is 7.10. The van der Waals surface area contributed by atoms with Crippen LogP contribution in [0.1, 0.15) is 61.3 Å². The molecule has 1 aliphatic rings. The van der Waals surface area contributed by atoms with Crippen LogP contribution in [-0.2, 0) is 17.6 Å². The van der Waals surface area contributed by atoms with Crippen molar-refractivity contribution in [2.45, 2.75) is 52.0 Å². The predicted octanol–water partition coefficient (Wildman–Crippen LogP) is 3.33. The summed E-state index contributed by atoms with van der Waals surface area (Å²) in [5.74, 6) is 1.66. The van der Waals surface area contributed by atoms with Gasteiger partial charge < -0.3 is 9.42 Å². The van der Waals surface area contributed by atoms with Gasteiger partial charge in [0.1, 0.15) is 0 Å². The smallest absolute Gasteiger partial charge is 0.227 e. The van der Waals surface area contributed by atoms with Crippen LogP contribution in [0, 0.1) is 0 Å². The molecule has 0 bridgehead atoms. The molecule has 2 aromatic rings. The Hall–Kier alpha value is -1.69. The molecule has 0 spiro atoms. The van der Waals surface area contributed by atoms with Crippen molar-refractivity contribution in [1.29, 1.82) is 0 Å². The molecule has 0 aromatic carbocycles. The summed E-state index contributed by atoms with van der Waals surface area (Å²) in [7, 11) is 0. The third kappa shape index (κ3) is 2.92. The number of hydrogen-bond acceptors (Lipinski definition) is 5. The Kier molecular flexibility index (Phi) is 4.29. The summed E-state index contributed by atoms with van der Waals surface area (Å²) in [6.07, 6.45) is 1.89. The number of aryl methyl sites for hydroxylation is 1. The largest absolute Gasteiger partial charge is 0.339 e. The van der Waals surface area contributed by atoms with E-state index in [9.17, 15) is 4.79 Å². The van der Waals surface area contributed by atoms with Crippen LogP contribution in [0.2, 0.25) is 0 Å². The number of thiophene rings is 1. The van der Waals surface area contributed by atoms with Gasteiger partial charge in [0, 0.05) is 30.2 Å². The van der Waals surface area contributed by atoms with Crippen molar-refractivity contribution in [2.75, 3.05) is 6.54 Å². The van der Waals surface area contributed by atoms with Crippen molar-refractivity contribution in [3.63, 3.8) is 0 Å². The summed E-state index contributed by atoms with van der Waals surface area (Å²) in [6.45, 7) is 6.95. The second kappa shape index (κ2) is 6.20. The van der Waals surface area contributed by atoms with Crippen LogP contribution in [0.3, 0.4) is 0 Å². The number of hydrogen-bond donors (Lipinski definition) is 0. The van der Waals surface area contributed by atoms with Gasteiger partial charge in [0.25, 0.3) is 0 Å². The van der Waals surface area contributed by atoms with E-state index in [4.69, 9.17) is 4.52 Å². The molecule has 22 heavy (non-hydrogen) atoms. The quantitative estimate of drug-likeness (QED) is 0.867. The fraction of sp³-hybridized carbons (Fsp3) is 0.562. The molecule has 0 saturated heterocycles. The highest BCUT2D eigenvalue weighted by atomic mass is 32.1. The van der Waals surface area contributed by atoms with Crippen LogP contribution in [0.25, 0.3) is 0 Å². The summed E-state index contributed by atoms with van der Waals surface area (Å²) < 4.78 is 5.20. The van der Waals surface area contributed by atoms with Gasteiger partial charge in [-0.25, -0.2) is 0 Å². The van der Waals surface area contributed by atoms with Gasteiger partial charge in [-0.15, -0.1) is 11.3 Å². The molecule has 3 heterocycles. The van der Waals surface area contributed by atoms with E-state index in [1.54, 1.807) is 11.3 Å². The standard InChI is InChI=1S/C16H21N3O2S/c1-10(2)16-17-14(21-18-16)4-5-15(20)19-8-6-13-12(11(19)3)7-9-22-13/h7,9-11H,4-6,8H2,1-3H3. The van der Waals surface area contributed by atoms with Gasteiger partial charge in [0.05, 0.1) is 6.04 Å². The molecule has 0 radical (unpaired) electrons. The van der Waals surface area contributed by atoms with Gasteiger partial charge in [-0.2, -0.15) is 4.98 Å². The molecule has 2 aromatic heterocycles. The van der Waals surface area contributed by atoms with Gasteiger partial charge >= 0.3 is 0 Å². The molecule has 1 unspecified atom stereocenters. The van der Waals surface area contributed by atoms with Crippen LogP contribution >= 0.6 is 11.3 Å². The van der Waals surface area contributed by atoms with Crippen molar-refractivity contribution >= 4 is 17.2 Å². The summed E-state index contributed by atoms with van der Waals surface area (Å²) in [4.78, 5) is 20.2. The lowest BCUT2D eigenvalue weighted by Gasteiger charge is -2.33. The average Bonchev–Trinajstić information content (AvgIpc) is 3.14. The van der Waals surface area contributed by atoms with Crippen molar-refractivity contribution in [1.82, 2.24) is 15.0 Å². The highest BCUT2D eigenvalue weighted by Crippen LogP contribution is 2.33. The maximum Gasteiger partial charge on any atom is 0.227 e. The first kappa shape index (κ1) is 15.2. The molecule has 6 heteroatoms. The molecule has 1 amide bonds. The van der Waals surface area contributed by atoms with Crippen molar-refractivity contribution in [3.8, 4) is 0 Å². The van der Waals surface area contributed by atoms with Gasteiger partial charge in [0.15, 0.2) is 5.82 Å². The fourth-order valence-electron chi connectivity index (χ4n) is 2.81. The Balaban J connectivity index is 1.60. The van der Waals surface area contributed by atoms with Crippen molar-refractivity contribution < 1.29 is 9.32 Å². The topological polar surface area (TPSA) is 59.2 Å². The average molecular weight is 319 g/mol. The van der Waals surface area contributed by atoms with Gasteiger partial charge in [-0.05, 0) is 30.4 Å². The molecular weight excluding hydrogens is 298 g/mol. The number of carbonyl (C=O) groups is 1. The Bertz CT molecular complexity index is 662. The number of carbonyl (C=O) groups excluding carboxylic acids is 1. The molecule has 0 aliphatic carbocycles. The maximum atomic E-state index is 12.5. The molecule has 0 fully saturated rings. The third-order valence-electron chi connectivity index (χ3n) is 4.15. The number of fused-ring (bicyclic) bond motifs is 1. The van der Waals surface area contributed by atoms with E-state index in [0.717, 1.165) is 13.0 Å². The number of nitrogens with zero attached hydrogens (tertiary/aromatic N) is 3. The lowest BCUT2D eigenvalue weighted by Crippen LogP contribution is -2.38. The second-order valence-electron chi connectivity index (χ2n) is 6.01. The normalized spacial score (nSPS) is 17.8. The second-order valence-corrected chi connectivity index (χ2v) is 7.01. The predicted molar refractivity (Wildman–Crippen MR) is 84.9 cm³/mol. The van der Waals surface area contributed by atoms with Gasteiger partial charge in [-0.1, -0.05) is 19.0 Å². The van der Waals surface area contributed by atoms with E-state index >= 15 is 0 Å². The van der Waals surface area contributed by atoms with Gasteiger partial charge in [-0.3, -0.25) is 4.79 Å². The van der Waals surface area contributed by atoms with Gasteiger partial charge in [0.2, 0.25) is 11.8 Å². The minimum absolute atomic E-state index is 0.161. The molecule has 118 valence electrons. The molecule has 5 nitrogen and oxygen atoms in total. The lowest BCUT2D eigenvalue weighted by molar-refractivity contribution is -0.133. The Morgan fingerprint density at radius 1 is 1.55 bits per heavy atom. The van der Waals surface area contributed by atoms with E-state index in [2.05, 4.69) is 28.5 Å². The van der Waals surface area contributed by atoms with E-state index in [0.29, 0.717) is 24.6 Å². The first-order valence-corrected chi connectivity index (χ1v) is 8.62. The minimum Gasteiger partial charge on any atom is -0.339 e. The Labute approximate surface area is 134 Å². The summed E-state index contributed by atoms with van der Waals surface area (Å²) >= 11 is 1.79. The SMILES string of the molecule is CC(C)c1noc(CCC(=O)N2CCc3sccc3C2C)n1. The summed E-state index contributed by atoms with van der Waals surface area (Å²) in [5.41, 5.74) is 1.30. The third-order valence-corrected chi connectivity index (χ3v) is 5.15. The zero-order valence-corrected chi connectivity index (χ0v) is 14.0. The summed E-state index contributed by atoms with van der Waals surface area (Å²) in [6, 6.07) is 2.30. The zero-order chi connectivity index (χ0) is 15.7. The minimum atomic E-state index is 0.161. The molecular formula is C16H21N3O2S. The van der Waals surface area contributed by atoms with E-state index < -0.39 is 0 Å². The molecule has 0 N–H and O–H groups in total. The van der Waals surface area contributed by atoms with Crippen molar-refractivity contribution in [2.24, 2.45) is 0 Å². The number of amides is 1. The van der Waals surface area contributed by atoms with E-state index in [-0.39, 0.29) is 17.9 Å². The Morgan fingerprint density at radius 3 is 3.09 bits per heavy atom. The Morgan fingerprint density at radius 2 is 2.36 bits per heavy atom. The number of rotatable bonds is 4. The van der Waals surface area contributed by atoms with Crippen LogP contribution in [0.5, 0.6) is 0 Å². The maximum absolute atomic E-state index is 12.5. The van der Waals surface area contributed by atoms with Crippen LogP contribution in [0.15, 0.2) is 16.0 Å². The summed E-state index contributed by atoms with van der Waals surface area (Å²) in [5, 5.41) is 6.05. The first-order chi connectivity index (χ1) is 10.6. The van der Waals surface area contributed by atoms with E-state index in [1.807, 2.05) is 18.7 Å². The monoisotopic (exact) mass is 319 g/mol. The number of aromatic nitrogens is 2. The fourth-order valence-corrected chi connectivity index (χ4v) is 3.77.